The van der Waals surface area contributed by atoms with Crippen molar-refractivity contribution in [2.75, 3.05) is 45.8 Å². The van der Waals surface area contributed by atoms with Crippen LogP contribution in [0.25, 0.3) is 0 Å². The molecule has 32 heavy (non-hydrogen) atoms. The van der Waals surface area contributed by atoms with Gasteiger partial charge in [-0.3, -0.25) is 19.1 Å². The Labute approximate surface area is 190 Å². The summed E-state index contributed by atoms with van der Waals surface area (Å²) in [4.78, 5) is 44.0. The maximum absolute atomic E-state index is 13.1. The van der Waals surface area contributed by atoms with E-state index < -0.39 is 0 Å². The molecule has 2 saturated heterocycles. The second-order valence-electron chi connectivity index (χ2n) is 9.21. The van der Waals surface area contributed by atoms with Gasteiger partial charge in [-0.25, -0.2) is 0 Å². The second kappa shape index (κ2) is 10.5. The lowest BCUT2D eigenvalue weighted by atomic mass is 10.0. The van der Waals surface area contributed by atoms with Gasteiger partial charge >= 0.3 is 0 Å². The van der Waals surface area contributed by atoms with Crippen LogP contribution in [0.2, 0.25) is 0 Å². The van der Waals surface area contributed by atoms with Gasteiger partial charge in [0.05, 0.1) is 0 Å². The number of rotatable bonds is 7. The van der Waals surface area contributed by atoms with Crippen LogP contribution in [0, 0.1) is 0 Å². The Morgan fingerprint density at radius 2 is 1.62 bits per heavy atom. The van der Waals surface area contributed by atoms with Gasteiger partial charge in [-0.15, -0.1) is 0 Å². The normalized spacial score (nSPS) is 19.2. The van der Waals surface area contributed by atoms with Crippen molar-refractivity contribution in [3.8, 4) is 0 Å². The van der Waals surface area contributed by atoms with Gasteiger partial charge in [0.1, 0.15) is 0 Å². The third-order valence-corrected chi connectivity index (χ3v) is 6.96. The van der Waals surface area contributed by atoms with Crippen LogP contribution in [0.15, 0.2) is 0 Å². The molecule has 9 nitrogen and oxygen atoms in total. The van der Waals surface area contributed by atoms with Gasteiger partial charge in [0.15, 0.2) is 5.69 Å². The number of amides is 3. The highest BCUT2D eigenvalue weighted by Crippen LogP contribution is 2.25. The van der Waals surface area contributed by atoms with Crippen molar-refractivity contribution < 1.29 is 14.4 Å². The molecule has 1 aromatic rings. The lowest BCUT2D eigenvalue weighted by molar-refractivity contribution is -0.134. The van der Waals surface area contributed by atoms with Crippen LogP contribution >= 0.6 is 0 Å². The van der Waals surface area contributed by atoms with Crippen LogP contribution in [0.4, 0.5) is 0 Å². The number of hydrogen-bond donors (Lipinski definition) is 1. The molecule has 0 atom stereocenters. The molecule has 3 aliphatic rings. The fraction of sp³-hybridized carbons (Fsp3) is 0.739. The minimum atomic E-state index is -0.0717. The van der Waals surface area contributed by atoms with Gasteiger partial charge < -0.3 is 20.0 Å². The van der Waals surface area contributed by atoms with Crippen molar-refractivity contribution >= 4 is 17.7 Å². The Hall–Kier alpha value is -2.42. The van der Waals surface area contributed by atoms with Crippen molar-refractivity contribution in [3.63, 3.8) is 0 Å². The Bertz CT molecular complexity index is 839. The maximum Gasteiger partial charge on any atom is 0.274 e. The molecule has 4 heterocycles. The summed E-state index contributed by atoms with van der Waals surface area (Å²) < 4.78 is 1.79. The fourth-order valence-corrected chi connectivity index (χ4v) is 5.05. The fourth-order valence-electron chi connectivity index (χ4n) is 5.05. The number of aryl methyl sites for hydroxylation is 1. The smallest absolute Gasteiger partial charge is 0.274 e. The molecule has 4 rings (SSSR count). The lowest BCUT2D eigenvalue weighted by Gasteiger charge is -2.29. The summed E-state index contributed by atoms with van der Waals surface area (Å²) in [5, 5.41) is 7.45. The predicted octanol–water partition coefficient (Wildman–Crippen LogP) is 0.923. The lowest BCUT2D eigenvalue weighted by Crippen LogP contribution is -2.39. The van der Waals surface area contributed by atoms with Crippen molar-refractivity contribution in [1.29, 1.82) is 0 Å². The van der Waals surface area contributed by atoms with E-state index in [0.29, 0.717) is 31.7 Å². The summed E-state index contributed by atoms with van der Waals surface area (Å²) >= 11 is 0. The minimum Gasteiger partial charge on any atom is -0.355 e. The molecule has 2 fully saturated rings. The molecule has 0 unspecified atom stereocenters. The monoisotopic (exact) mass is 444 g/mol. The predicted molar refractivity (Wildman–Crippen MR) is 120 cm³/mol. The minimum absolute atomic E-state index is 0.0202. The molecule has 3 aliphatic heterocycles. The van der Waals surface area contributed by atoms with Gasteiger partial charge in [0.25, 0.3) is 5.91 Å². The first-order valence-electron chi connectivity index (χ1n) is 12.1. The second-order valence-corrected chi connectivity index (χ2v) is 9.21. The Kier molecular flexibility index (Phi) is 7.44. The zero-order valence-corrected chi connectivity index (χ0v) is 19.3. The molecule has 0 aromatic carbocycles. The van der Waals surface area contributed by atoms with E-state index in [1.165, 1.54) is 12.8 Å². The van der Waals surface area contributed by atoms with E-state index in [1.54, 1.807) is 9.58 Å². The van der Waals surface area contributed by atoms with E-state index in [9.17, 15) is 14.4 Å². The van der Waals surface area contributed by atoms with Crippen LogP contribution < -0.4 is 5.32 Å². The summed E-state index contributed by atoms with van der Waals surface area (Å²) in [5.41, 5.74) is 2.40. The third-order valence-electron chi connectivity index (χ3n) is 6.96. The number of fused-ring (bicyclic) bond motifs is 1. The topological polar surface area (TPSA) is 90.8 Å². The summed E-state index contributed by atoms with van der Waals surface area (Å²) in [6, 6.07) is 0. The number of carbonyl (C=O) groups excluding carboxylic acids is 3. The van der Waals surface area contributed by atoms with E-state index in [2.05, 4.69) is 15.3 Å². The molecule has 0 bridgehead atoms. The first-order chi connectivity index (χ1) is 15.5. The van der Waals surface area contributed by atoms with Crippen LogP contribution in [0.1, 0.15) is 66.7 Å². The number of nitrogens with zero attached hydrogens (tertiary/aromatic N) is 5. The van der Waals surface area contributed by atoms with Crippen molar-refractivity contribution in [3.05, 3.63) is 17.0 Å². The average Bonchev–Trinajstić information content (AvgIpc) is 3.45. The molecule has 0 radical (unpaired) electrons. The van der Waals surface area contributed by atoms with Gasteiger partial charge in [0, 0.05) is 76.8 Å². The summed E-state index contributed by atoms with van der Waals surface area (Å²) in [6.45, 7) is 6.29. The van der Waals surface area contributed by atoms with Crippen LogP contribution in [-0.4, -0.2) is 88.0 Å². The van der Waals surface area contributed by atoms with Crippen molar-refractivity contribution in [2.24, 2.45) is 7.05 Å². The van der Waals surface area contributed by atoms with E-state index in [4.69, 9.17) is 0 Å². The Balaban J connectivity index is 1.28. The van der Waals surface area contributed by atoms with Crippen LogP contribution in [0.5, 0.6) is 0 Å². The highest BCUT2D eigenvalue weighted by Gasteiger charge is 2.31. The molecular formula is C23H36N6O3. The van der Waals surface area contributed by atoms with Crippen LogP contribution in [-0.2, 0) is 29.6 Å². The van der Waals surface area contributed by atoms with Gasteiger partial charge in [-0.05, 0) is 45.2 Å². The SMILES string of the molecule is Cn1nc(C(=O)N2CCCCC2)c2c1CCN(C(=O)CCC(=O)NCCN1CCCC1)C2. The molecule has 3 amide bonds. The first-order valence-corrected chi connectivity index (χ1v) is 12.1. The zero-order valence-electron chi connectivity index (χ0n) is 19.3. The van der Waals surface area contributed by atoms with Gasteiger partial charge in [-0.1, -0.05) is 0 Å². The Morgan fingerprint density at radius 1 is 0.906 bits per heavy atom. The number of piperidine rings is 1. The molecule has 1 N–H and O–H groups in total. The maximum atomic E-state index is 13.1. The molecular weight excluding hydrogens is 408 g/mol. The number of aromatic nitrogens is 2. The zero-order chi connectivity index (χ0) is 22.5. The Morgan fingerprint density at radius 3 is 2.38 bits per heavy atom. The molecule has 176 valence electrons. The van der Waals surface area contributed by atoms with Crippen LogP contribution in [0.3, 0.4) is 0 Å². The standard InChI is InChI=1S/C23H36N6O3/c1-26-19-9-15-29(17-18(19)22(25-26)23(32)28-13-3-2-4-14-28)21(31)8-7-20(30)24-10-16-27-11-5-6-12-27/h2-17H2,1H3,(H,24,30). The molecule has 9 heteroatoms. The van der Waals surface area contributed by atoms with Gasteiger partial charge in [0.2, 0.25) is 11.8 Å². The van der Waals surface area contributed by atoms with E-state index >= 15 is 0 Å². The molecule has 1 aromatic heterocycles. The molecule has 0 saturated carbocycles. The molecule has 0 spiro atoms. The summed E-state index contributed by atoms with van der Waals surface area (Å²) in [6.07, 6.45) is 6.79. The highest BCUT2D eigenvalue weighted by molar-refractivity contribution is 5.94. The quantitative estimate of drug-likeness (QED) is 0.676. The van der Waals surface area contributed by atoms with E-state index in [-0.39, 0.29) is 30.6 Å². The van der Waals surface area contributed by atoms with Gasteiger partial charge in [-0.2, -0.15) is 5.10 Å². The van der Waals surface area contributed by atoms with Crippen molar-refractivity contribution in [2.45, 2.75) is 57.9 Å². The number of nitrogens with one attached hydrogen (secondary N) is 1. The van der Waals surface area contributed by atoms with E-state index in [0.717, 1.165) is 63.2 Å². The average molecular weight is 445 g/mol. The largest absolute Gasteiger partial charge is 0.355 e. The molecule has 0 aliphatic carbocycles. The number of carbonyl (C=O) groups is 3. The third kappa shape index (κ3) is 5.31. The first kappa shape index (κ1) is 22.8. The van der Waals surface area contributed by atoms with E-state index in [1.807, 2.05) is 11.9 Å². The highest BCUT2D eigenvalue weighted by atomic mass is 16.2. The summed E-state index contributed by atoms with van der Waals surface area (Å²) in [7, 11) is 1.87. The number of likely N-dealkylation sites (tertiary alicyclic amines) is 2. The number of hydrogen-bond acceptors (Lipinski definition) is 5. The van der Waals surface area contributed by atoms with Crippen molar-refractivity contribution in [1.82, 2.24) is 29.8 Å². The summed E-state index contributed by atoms with van der Waals surface area (Å²) in [5.74, 6) is -0.128.